The molecule has 0 bridgehead atoms. The molecule has 0 radical (unpaired) electrons. The molecule has 1 aliphatic rings. The van der Waals surface area contributed by atoms with Crippen molar-refractivity contribution < 1.29 is 19.1 Å². The largest absolute Gasteiger partial charge is 0.465 e. The summed E-state index contributed by atoms with van der Waals surface area (Å²) in [6, 6.07) is 9.65. The van der Waals surface area contributed by atoms with Gasteiger partial charge in [-0.1, -0.05) is 36.9 Å². The van der Waals surface area contributed by atoms with Gasteiger partial charge in [0.2, 0.25) is 5.91 Å². The maximum atomic E-state index is 12.1. The second-order valence-electron chi connectivity index (χ2n) is 5.20. The van der Waals surface area contributed by atoms with Crippen LogP contribution in [0.15, 0.2) is 42.5 Å². The molecule has 2 rings (SSSR count). The van der Waals surface area contributed by atoms with Crippen LogP contribution in [-0.4, -0.2) is 42.6 Å². The van der Waals surface area contributed by atoms with Crippen LogP contribution in [0, 0.1) is 0 Å². The molecule has 0 spiro atoms. The van der Waals surface area contributed by atoms with Gasteiger partial charge in [-0.05, 0) is 18.9 Å². The van der Waals surface area contributed by atoms with E-state index in [1.54, 1.807) is 6.92 Å². The average Bonchev–Trinajstić information content (AvgIpc) is 2.76. The summed E-state index contributed by atoms with van der Waals surface area (Å²) < 4.78 is 10.6. The number of likely N-dealkylation sites (tertiary alicyclic amines) is 1. The van der Waals surface area contributed by atoms with E-state index in [1.165, 1.54) is 4.90 Å². The molecule has 22 heavy (non-hydrogen) atoms. The minimum atomic E-state index is -0.404. The first-order chi connectivity index (χ1) is 10.6. The Morgan fingerprint density at radius 2 is 2.09 bits per heavy atom. The van der Waals surface area contributed by atoms with E-state index in [9.17, 15) is 9.59 Å². The summed E-state index contributed by atoms with van der Waals surface area (Å²) in [5, 5.41) is 0. The fourth-order valence-corrected chi connectivity index (χ4v) is 2.43. The van der Waals surface area contributed by atoms with Gasteiger partial charge in [-0.25, -0.2) is 0 Å². The van der Waals surface area contributed by atoms with E-state index < -0.39 is 5.97 Å². The number of carbonyl (C=O) groups is 2. The normalized spacial score (nSPS) is 17.9. The van der Waals surface area contributed by atoms with Gasteiger partial charge in [-0.2, -0.15) is 0 Å². The van der Waals surface area contributed by atoms with Gasteiger partial charge < -0.3 is 14.4 Å². The van der Waals surface area contributed by atoms with Gasteiger partial charge in [0.15, 0.2) is 0 Å². The molecule has 0 aromatic heterocycles. The Balaban J connectivity index is 1.88. The number of benzene rings is 1. The summed E-state index contributed by atoms with van der Waals surface area (Å²) in [7, 11) is 0. The Labute approximate surface area is 130 Å². The number of amides is 1. The van der Waals surface area contributed by atoms with Crippen LogP contribution in [0.25, 0.3) is 0 Å². The SMILES string of the molecule is C=C1CC(COCc2ccccc2)N(CC(=O)OCC)C1=O. The van der Waals surface area contributed by atoms with Gasteiger partial charge in [0, 0.05) is 5.57 Å². The van der Waals surface area contributed by atoms with Crippen LogP contribution in [0.2, 0.25) is 0 Å². The van der Waals surface area contributed by atoms with Gasteiger partial charge in [-0.15, -0.1) is 0 Å². The third-order valence-corrected chi connectivity index (χ3v) is 3.51. The fourth-order valence-electron chi connectivity index (χ4n) is 2.43. The first-order valence-corrected chi connectivity index (χ1v) is 7.37. The maximum absolute atomic E-state index is 12.1. The molecular formula is C17H21NO4. The van der Waals surface area contributed by atoms with Crippen molar-refractivity contribution in [2.45, 2.75) is 26.0 Å². The first kappa shape index (κ1) is 16.2. The van der Waals surface area contributed by atoms with E-state index in [4.69, 9.17) is 9.47 Å². The van der Waals surface area contributed by atoms with Crippen LogP contribution in [0.3, 0.4) is 0 Å². The predicted octanol–water partition coefficient (Wildman–Crippen LogP) is 1.92. The number of hydrogen-bond acceptors (Lipinski definition) is 4. The fraction of sp³-hybridized carbons (Fsp3) is 0.412. The van der Waals surface area contributed by atoms with Crippen LogP contribution < -0.4 is 0 Å². The molecular weight excluding hydrogens is 282 g/mol. The lowest BCUT2D eigenvalue weighted by Gasteiger charge is -2.23. The zero-order valence-corrected chi connectivity index (χ0v) is 12.8. The van der Waals surface area contributed by atoms with Gasteiger partial charge in [-0.3, -0.25) is 9.59 Å². The summed E-state index contributed by atoms with van der Waals surface area (Å²) in [5.74, 6) is -0.597. The third-order valence-electron chi connectivity index (χ3n) is 3.51. The standard InChI is InChI=1S/C17H21NO4/c1-3-22-16(19)10-18-15(9-13(2)17(18)20)12-21-11-14-7-5-4-6-8-14/h4-8,15H,2-3,9-12H2,1H3. The third kappa shape index (κ3) is 4.18. The van der Waals surface area contributed by atoms with Gasteiger partial charge in [0.1, 0.15) is 6.54 Å². The number of rotatable bonds is 7. The summed E-state index contributed by atoms with van der Waals surface area (Å²) in [6.45, 7) is 6.60. The molecule has 118 valence electrons. The van der Waals surface area contributed by atoms with E-state index in [2.05, 4.69) is 6.58 Å². The molecule has 1 aromatic carbocycles. The minimum Gasteiger partial charge on any atom is -0.465 e. The highest BCUT2D eigenvalue weighted by molar-refractivity contribution is 5.97. The highest BCUT2D eigenvalue weighted by Crippen LogP contribution is 2.23. The number of ether oxygens (including phenoxy) is 2. The average molecular weight is 303 g/mol. The quantitative estimate of drug-likeness (QED) is 0.570. The predicted molar refractivity (Wildman–Crippen MR) is 82.0 cm³/mol. The van der Waals surface area contributed by atoms with Crippen molar-refractivity contribution in [3.63, 3.8) is 0 Å². The Morgan fingerprint density at radius 1 is 1.36 bits per heavy atom. The molecule has 0 N–H and O–H groups in total. The highest BCUT2D eigenvalue weighted by atomic mass is 16.5. The molecule has 0 saturated carbocycles. The Hall–Kier alpha value is -2.14. The van der Waals surface area contributed by atoms with E-state index in [-0.39, 0.29) is 18.5 Å². The lowest BCUT2D eigenvalue weighted by Crippen LogP contribution is -2.40. The molecule has 1 saturated heterocycles. The van der Waals surface area contributed by atoms with Gasteiger partial charge >= 0.3 is 5.97 Å². The minimum absolute atomic E-state index is 0.0505. The Kier molecular flexibility index (Phi) is 5.72. The van der Waals surface area contributed by atoms with Crippen molar-refractivity contribution in [3.05, 3.63) is 48.0 Å². The Bertz CT molecular complexity index is 541. The van der Waals surface area contributed by atoms with Crippen LogP contribution in [0.4, 0.5) is 0 Å². The van der Waals surface area contributed by atoms with Crippen molar-refractivity contribution >= 4 is 11.9 Å². The number of nitrogens with zero attached hydrogens (tertiary/aromatic N) is 1. The van der Waals surface area contributed by atoms with Crippen molar-refractivity contribution in [2.24, 2.45) is 0 Å². The summed E-state index contributed by atoms with van der Waals surface area (Å²) >= 11 is 0. The van der Waals surface area contributed by atoms with Crippen molar-refractivity contribution in [3.8, 4) is 0 Å². The zero-order valence-electron chi connectivity index (χ0n) is 12.8. The summed E-state index contributed by atoms with van der Waals surface area (Å²) in [6.07, 6.45) is 0.521. The monoisotopic (exact) mass is 303 g/mol. The number of esters is 1. The smallest absolute Gasteiger partial charge is 0.325 e. The molecule has 1 aromatic rings. The second kappa shape index (κ2) is 7.75. The lowest BCUT2D eigenvalue weighted by molar-refractivity contribution is -0.148. The van der Waals surface area contributed by atoms with Crippen LogP contribution in [0.5, 0.6) is 0 Å². The van der Waals surface area contributed by atoms with Crippen LogP contribution >= 0.6 is 0 Å². The first-order valence-electron chi connectivity index (χ1n) is 7.37. The molecule has 1 amide bonds. The van der Waals surface area contributed by atoms with Crippen molar-refractivity contribution in [2.75, 3.05) is 19.8 Å². The highest BCUT2D eigenvalue weighted by Gasteiger charge is 2.35. The molecule has 1 aliphatic heterocycles. The molecule has 1 heterocycles. The molecule has 1 unspecified atom stereocenters. The van der Waals surface area contributed by atoms with Crippen molar-refractivity contribution in [1.29, 1.82) is 0 Å². The molecule has 1 fully saturated rings. The van der Waals surface area contributed by atoms with Gasteiger partial charge in [0.25, 0.3) is 0 Å². The summed E-state index contributed by atoms with van der Waals surface area (Å²) in [4.78, 5) is 25.1. The zero-order chi connectivity index (χ0) is 15.9. The second-order valence-corrected chi connectivity index (χ2v) is 5.20. The molecule has 1 atom stereocenters. The van der Waals surface area contributed by atoms with Crippen LogP contribution in [-0.2, 0) is 25.7 Å². The topological polar surface area (TPSA) is 55.8 Å². The van der Waals surface area contributed by atoms with E-state index in [0.717, 1.165) is 5.56 Å². The summed E-state index contributed by atoms with van der Waals surface area (Å²) in [5.41, 5.74) is 1.58. The van der Waals surface area contributed by atoms with Gasteiger partial charge in [0.05, 0.1) is 25.9 Å². The Morgan fingerprint density at radius 3 is 2.77 bits per heavy atom. The molecule has 0 aliphatic carbocycles. The van der Waals surface area contributed by atoms with Crippen LogP contribution in [0.1, 0.15) is 18.9 Å². The lowest BCUT2D eigenvalue weighted by atomic mass is 10.2. The maximum Gasteiger partial charge on any atom is 0.325 e. The van der Waals surface area contributed by atoms with E-state index in [0.29, 0.717) is 31.8 Å². The van der Waals surface area contributed by atoms with E-state index in [1.807, 2.05) is 30.3 Å². The number of hydrogen-bond donors (Lipinski definition) is 0. The molecule has 5 nitrogen and oxygen atoms in total. The molecule has 5 heteroatoms. The van der Waals surface area contributed by atoms with E-state index >= 15 is 0 Å². The van der Waals surface area contributed by atoms with Crippen molar-refractivity contribution in [1.82, 2.24) is 4.90 Å². The number of carbonyl (C=O) groups excluding carboxylic acids is 2.